The maximum Gasteiger partial charge on any atom is 0.192 e. The SMILES string of the molecule is O=C(C1=C(O)/C(=C/c2cccc(O)c2)CCC1)c1ccccc1. The van der Waals surface area contributed by atoms with Crippen molar-refractivity contribution in [3.8, 4) is 5.75 Å². The topological polar surface area (TPSA) is 57.5 Å². The summed E-state index contributed by atoms with van der Waals surface area (Å²) in [6, 6.07) is 15.9. The highest BCUT2D eigenvalue weighted by Crippen LogP contribution is 2.31. The van der Waals surface area contributed by atoms with Crippen molar-refractivity contribution in [3.63, 3.8) is 0 Å². The predicted octanol–water partition coefficient (Wildman–Crippen LogP) is 4.65. The molecule has 2 N–H and O–H groups in total. The van der Waals surface area contributed by atoms with Crippen molar-refractivity contribution in [3.05, 3.63) is 82.6 Å². The van der Waals surface area contributed by atoms with E-state index < -0.39 is 0 Å². The largest absolute Gasteiger partial charge is 0.508 e. The number of allylic oxidation sites excluding steroid dienone is 2. The molecule has 2 aromatic carbocycles. The molecule has 1 aliphatic rings. The number of ketones is 1. The first-order valence-electron chi connectivity index (χ1n) is 7.67. The fourth-order valence-electron chi connectivity index (χ4n) is 2.83. The molecule has 0 saturated carbocycles. The van der Waals surface area contributed by atoms with Gasteiger partial charge in [-0.15, -0.1) is 0 Å². The van der Waals surface area contributed by atoms with E-state index in [1.807, 2.05) is 30.3 Å². The molecule has 23 heavy (non-hydrogen) atoms. The lowest BCUT2D eigenvalue weighted by atomic mass is 9.88. The summed E-state index contributed by atoms with van der Waals surface area (Å²) in [5.41, 5.74) is 2.60. The maximum atomic E-state index is 12.6. The van der Waals surface area contributed by atoms with Gasteiger partial charge in [-0.1, -0.05) is 42.5 Å². The molecular formula is C20H18O3. The van der Waals surface area contributed by atoms with E-state index in [2.05, 4.69) is 0 Å². The zero-order valence-electron chi connectivity index (χ0n) is 12.7. The van der Waals surface area contributed by atoms with Crippen molar-refractivity contribution in [2.24, 2.45) is 0 Å². The summed E-state index contributed by atoms with van der Waals surface area (Å²) < 4.78 is 0. The molecule has 0 radical (unpaired) electrons. The first-order valence-corrected chi connectivity index (χ1v) is 7.67. The van der Waals surface area contributed by atoms with E-state index in [1.54, 1.807) is 30.3 Å². The number of Topliss-reactive ketones (excluding diaryl/α,β-unsaturated/α-hetero) is 1. The van der Waals surface area contributed by atoms with Crippen molar-refractivity contribution in [1.29, 1.82) is 0 Å². The molecule has 3 heteroatoms. The lowest BCUT2D eigenvalue weighted by Gasteiger charge is -2.18. The number of carbonyl (C=O) groups is 1. The minimum absolute atomic E-state index is 0.0773. The van der Waals surface area contributed by atoms with Crippen LogP contribution in [0, 0.1) is 0 Å². The number of hydrogen-bond donors (Lipinski definition) is 2. The van der Waals surface area contributed by atoms with Crippen molar-refractivity contribution < 1.29 is 15.0 Å². The van der Waals surface area contributed by atoms with Gasteiger partial charge in [0.2, 0.25) is 0 Å². The monoisotopic (exact) mass is 306 g/mol. The second kappa shape index (κ2) is 6.53. The van der Waals surface area contributed by atoms with E-state index in [1.165, 1.54) is 0 Å². The quantitative estimate of drug-likeness (QED) is 0.811. The Kier molecular flexibility index (Phi) is 4.29. The van der Waals surface area contributed by atoms with Crippen LogP contribution in [0.2, 0.25) is 0 Å². The van der Waals surface area contributed by atoms with E-state index in [9.17, 15) is 15.0 Å². The van der Waals surface area contributed by atoms with Gasteiger partial charge in [-0.05, 0) is 48.6 Å². The smallest absolute Gasteiger partial charge is 0.192 e. The Bertz CT molecular complexity index is 786. The third-order valence-electron chi connectivity index (χ3n) is 3.98. The molecule has 0 saturated heterocycles. The predicted molar refractivity (Wildman–Crippen MR) is 90.4 cm³/mol. The van der Waals surface area contributed by atoms with Gasteiger partial charge >= 0.3 is 0 Å². The van der Waals surface area contributed by atoms with E-state index in [0.29, 0.717) is 24.0 Å². The molecule has 1 aliphatic carbocycles. The van der Waals surface area contributed by atoms with Crippen LogP contribution < -0.4 is 0 Å². The summed E-state index contributed by atoms with van der Waals surface area (Å²) in [5, 5.41) is 20.1. The van der Waals surface area contributed by atoms with Crippen molar-refractivity contribution in [2.75, 3.05) is 0 Å². The Morgan fingerprint density at radius 2 is 1.74 bits per heavy atom. The standard InChI is InChI=1S/C20H18O3/c21-17-10-4-6-14(13-17)12-16-9-5-11-18(20(16)23)19(22)15-7-2-1-3-8-15/h1-4,6-8,10,12-13,21,23H,5,9,11H2/b16-12+. The molecular weight excluding hydrogens is 288 g/mol. The number of carbonyl (C=O) groups excluding carboxylic acids is 1. The Balaban J connectivity index is 1.96. The Labute approximate surface area is 135 Å². The van der Waals surface area contributed by atoms with Gasteiger partial charge in [-0.3, -0.25) is 4.79 Å². The highest BCUT2D eigenvalue weighted by atomic mass is 16.3. The van der Waals surface area contributed by atoms with Gasteiger partial charge in [0.25, 0.3) is 0 Å². The molecule has 0 heterocycles. The van der Waals surface area contributed by atoms with Gasteiger partial charge in [-0.2, -0.15) is 0 Å². The number of benzene rings is 2. The summed E-state index contributed by atoms with van der Waals surface area (Å²) in [7, 11) is 0. The van der Waals surface area contributed by atoms with E-state index in [-0.39, 0.29) is 17.3 Å². The molecule has 0 aromatic heterocycles. The maximum absolute atomic E-state index is 12.6. The lowest BCUT2D eigenvalue weighted by molar-refractivity contribution is 0.102. The average molecular weight is 306 g/mol. The van der Waals surface area contributed by atoms with Gasteiger partial charge in [0.05, 0.1) is 0 Å². The number of aliphatic hydroxyl groups is 1. The number of rotatable bonds is 3. The molecule has 3 rings (SSSR count). The van der Waals surface area contributed by atoms with Crippen LogP contribution in [0.1, 0.15) is 35.2 Å². The second-order valence-corrected chi connectivity index (χ2v) is 5.64. The summed E-state index contributed by atoms with van der Waals surface area (Å²) in [5.74, 6) is 0.136. The van der Waals surface area contributed by atoms with Gasteiger partial charge < -0.3 is 10.2 Å². The van der Waals surface area contributed by atoms with Crippen molar-refractivity contribution >= 4 is 11.9 Å². The second-order valence-electron chi connectivity index (χ2n) is 5.64. The zero-order valence-corrected chi connectivity index (χ0v) is 12.7. The number of phenolic OH excluding ortho intramolecular Hbond substituents is 1. The van der Waals surface area contributed by atoms with Crippen LogP contribution in [0.5, 0.6) is 5.75 Å². The number of hydrogen-bond acceptors (Lipinski definition) is 3. The molecule has 0 aliphatic heterocycles. The van der Waals surface area contributed by atoms with Gasteiger partial charge in [0, 0.05) is 11.1 Å². The normalized spacial score (nSPS) is 16.6. The highest BCUT2D eigenvalue weighted by Gasteiger charge is 2.23. The lowest BCUT2D eigenvalue weighted by Crippen LogP contribution is -2.12. The minimum atomic E-state index is -0.121. The van der Waals surface area contributed by atoms with E-state index in [4.69, 9.17) is 0 Å². The fraction of sp³-hybridized carbons (Fsp3) is 0.150. The van der Waals surface area contributed by atoms with Gasteiger partial charge in [-0.25, -0.2) is 0 Å². The molecule has 0 unspecified atom stereocenters. The van der Waals surface area contributed by atoms with Crippen LogP contribution in [0.15, 0.2) is 71.5 Å². The van der Waals surface area contributed by atoms with Crippen LogP contribution in [0.4, 0.5) is 0 Å². The molecule has 0 spiro atoms. The Morgan fingerprint density at radius 1 is 0.957 bits per heavy atom. The van der Waals surface area contributed by atoms with Crippen molar-refractivity contribution in [2.45, 2.75) is 19.3 Å². The van der Waals surface area contributed by atoms with Crippen LogP contribution in [0.25, 0.3) is 6.08 Å². The molecule has 0 atom stereocenters. The van der Waals surface area contributed by atoms with E-state index >= 15 is 0 Å². The highest BCUT2D eigenvalue weighted by molar-refractivity contribution is 6.09. The third-order valence-corrected chi connectivity index (χ3v) is 3.98. The number of phenols is 1. The third kappa shape index (κ3) is 3.34. The van der Waals surface area contributed by atoms with Crippen LogP contribution >= 0.6 is 0 Å². The number of aromatic hydroxyl groups is 1. The summed E-state index contributed by atoms with van der Waals surface area (Å²) in [6.45, 7) is 0. The van der Waals surface area contributed by atoms with Crippen molar-refractivity contribution in [1.82, 2.24) is 0 Å². The Morgan fingerprint density at radius 3 is 2.48 bits per heavy atom. The molecule has 116 valence electrons. The average Bonchev–Trinajstić information content (AvgIpc) is 2.57. The zero-order chi connectivity index (χ0) is 16.2. The fourth-order valence-corrected chi connectivity index (χ4v) is 2.83. The molecule has 0 bridgehead atoms. The summed E-state index contributed by atoms with van der Waals surface area (Å²) >= 11 is 0. The van der Waals surface area contributed by atoms with Gasteiger partial charge in [0.1, 0.15) is 11.5 Å². The first kappa shape index (κ1) is 15.1. The van der Waals surface area contributed by atoms with Crippen LogP contribution in [0.3, 0.4) is 0 Å². The molecule has 3 nitrogen and oxygen atoms in total. The minimum Gasteiger partial charge on any atom is -0.508 e. The van der Waals surface area contributed by atoms with Crippen LogP contribution in [-0.4, -0.2) is 16.0 Å². The molecule has 0 fully saturated rings. The number of aliphatic hydroxyl groups excluding tert-OH is 1. The first-order chi connectivity index (χ1) is 11.1. The van der Waals surface area contributed by atoms with E-state index in [0.717, 1.165) is 17.6 Å². The van der Waals surface area contributed by atoms with Crippen LogP contribution in [-0.2, 0) is 0 Å². The summed E-state index contributed by atoms with van der Waals surface area (Å²) in [4.78, 5) is 12.6. The Hall–Kier alpha value is -2.81. The van der Waals surface area contributed by atoms with Gasteiger partial charge in [0.15, 0.2) is 5.78 Å². The molecule has 2 aromatic rings. The molecule has 0 amide bonds. The summed E-state index contributed by atoms with van der Waals surface area (Å²) in [6.07, 6.45) is 3.94.